The number of rotatable bonds is 2. The van der Waals surface area contributed by atoms with E-state index in [1.807, 2.05) is 13.0 Å². The largest absolute Gasteiger partial charge is 0.382 e. The molecule has 0 aliphatic carbocycles. The maximum atomic E-state index is 10.6. The van der Waals surface area contributed by atoms with Crippen molar-refractivity contribution in [2.45, 2.75) is 6.92 Å². The molecule has 1 N–H and O–H groups in total. The molecule has 0 amide bonds. The first kappa shape index (κ1) is 9.98. The third-order valence-electron chi connectivity index (χ3n) is 1.73. The van der Waals surface area contributed by atoms with Gasteiger partial charge in [0.05, 0.1) is 4.92 Å². The molecule has 0 saturated heterocycles. The zero-order valence-corrected chi connectivity index (χ0v) is 8.88. The summed E-state index contributed by atoms with van der Waals surface area (Å²) in [5.41, 5.74) is 1.51. The zero-order chi connectivity index (χ0) is 10.0. The number of halogens is 1. The lowest BCUT2D eigenvalue weighted by Crippen LogP contribution is -1.98. The Labute approximate surface area is 84.2 Å². The maximum Gasteiger partial charge on any atom is 0.293 e. The van der Waals surface area contributed by atoms with Crippen LogP contribution in [0.25, 0.3) is 0 Å². The van der Waals surface area contributed by atoms with Crippen molar-refractivity contribution in [1.82, 2.24) is 0 Å². The molecule has 1 aromatic rings. The van der Waals surface area contributed by atoms with Gasteiger partial charge in [-0.2, -0.15) is 0 Å². The number of hydrogen-bond donors (Lipinski definition) is 1. The molecule has 0 aliphatic rings. The van der Waals surface area contributed by atoms with Gasteiger partial charge in [-0.1, -0.05) is 15.9 Å². The van der Waals surface area contributed by atoms with Gasteiger partial charge in [-0.3, -0.25) is 10.1 Å². The summed E-state index contributed by atoms with van der Waals surface area (Å²) in [5.74, 6) is 0. The summed E-state index contributed by atoms with van der Waals surface area (Å²) < 4.78 is 0.718. The van der Waals surface area contributed by atoms with Crippen LogP contribution in [0.3, 0.4) is 0 Å². The second-order valence-corrected chi connectivity index (χ2v) is 3.54. The molecule has 0 saturated carbocycles. The lowest BCUT2D eigenvalue weighted by atomic mass is 10.2. The quantitative estimate of drug-likeness (QED) is 0.643. The van der Waals surface area contributed by atoms with Crippen LogP contribution in [0.2, 0.25) is 0 Å². The van der Waals surface area contributed by atoms with Crippen LogP contribution in [0.1, 0.15) is 5.56 Å². The molecule has 0 spiro atoms. The number of nitrogens with one attached hydrogen (secondary N) is 1. The summed E-state index contributed by atoms with van der Waals surface area (Å²) in [6, 6.07) is 3.32. The van der Waals surface area contributed by atoms with Crippen molar-refractivity contribution in [2.24, 2.45) is 0 Å². The van der Waals surface area contributed by atoms with Crippen LogP contribution in [-0.2, 0) is 0 Å². The number of aryl methyl sites for hydroxylation is 1. The third-order valence-corrected chi connectivity index (χ3v) is 2.18. The standard InChI is InChI=1S/C8H9BrN2O2/c1-5-3-6(9)4-7(11(12)13)8(5)10-2/h3-4,10H,1-2H3. The third kappa shape index (κ3) is 1.98. The molecule has 13 heavy (non-hydrogen) atoms. The Balaban J connectivity index is 3.38. The monoisotopic (exact) mass is 244 g/mol. The number of nitro benzene ring substituents is 1. The average Bonchev–Trinajstić information content (AvgIpc) is 2.02. The predicted molar refractivity (Wildman–Crippen MR) is 55.1 cm³/mol. The van der Waals surface area contributed by atoms with Gasteiger partial charge >= 0.3 is 0 Å². The van der Waals surface area contributed by atoms with Crippen molar-refractivity contribution >= 4 is 27.3 Å². The Morgan fingerprint density at radius 1 is 1.54 bits per heavy atom. The molecule has 0 aliphatic heterocycles. The van der Waals surface area contributed by atoms with E-state index in [1.165, 1.54) is 6.07 Å². The summed E-state index contributed by atoms with van der Waals surface area (Å²) in [5, 5.41) is 13.4. The second-order valence-electron chi connectivity index (χ2n) is 2.62. The number of nitro groups is 1. The lowest BCUT2D eigenvalue weighted by molar-refractivity contribution is -0.384. The van der Waals surface area contributed by atoms with Gasteiger partial charge in [-0.05, 0) is 18.6 Å². The maximum absolute atomic E-state index is 10.6. The van der Waals surface area contributed by atoms with E-state index in [-0.39, 0.29) is 5.69 Å². The molecule has 1 rings (SSSR count). The van der Waals surface area contributed by atoms with Gasteiger partial charge in [-0.15, -0.1) is 0 Å². The summed E-state index contributed by atoms with van der Waals surface area (Å²) in [7, 11) is 1.67. The first-order valence-electron chi connectivity index (χ1n) is 3.68. The molecule has 0 aromatic heterocycles. The molecule has 70 valence electrons. The van der Waals surface area contributed by atoms with Crippen LogP contribution in [0, 0.1) is 17.0 Å². The van der Waals surface area contributed by atoms with Gasteiger partial charge in [0, 0.05) is 17.6 Å². The Morgan fingerprint density at radius 2 is 2.15 bits per heavy atom. The SMILES string of the molecule is CNc1c(C)cc(Br)cc1[N+](=O)[O-]. The van der Waals surface area contributed by atoms with Crippen LogP contribution < -0.4 is 5.32 Å². The van der Waals surface area contributed by atoms with Crippen molar-refractivity contribution in [3.05, 3.63) is 32.3 Å². The Morgan fingerprint density at radius 3 is 2.62 bits per heavy atom. The fourth-order valence-corrected chi connectivity index (χ4v) is 1.75. The summed E-state index contributed by atoms with van der Waals surface area (Å²) in [6.45, 7) is 1.82. The summed E-state index contributed by atoms with van der Waals surface area (Å²) in [4.78, 5) is 10.2. The molecule has 0 atom stereocenters. The number of anilines is 1. The van der Waals surface area contributed by atoms with E-state index in [0.717, 1.165) is 10.0 Å². The molecule has 1 aromatic carbocycles. The second kappa shape index (κ2) is 3.74. The summed E-state index contributed by atoms with van der Waals surface area (Å²) in [6.07, 6.45) is 0. The van der Waals surface area contributed by atoms with Gasteiger partial charge in [0.2, 0.25) is 0 Å². The number of benzene rings is 1. The highest BCUT2D eigenvalue weighted by Crippen LogP contribution is 2.31. The Kier molecular flexibility index (Phi) is 2.87. The topological polar surface area (TPSA) is 55.2 Å². The molecular formula is C8H9BrN2O2. The van der Waals surface area contributed by atoms with Crippen molar-refractivity contribution in [3.8, 4) is 0 Å². The molecule has 0 heterocycles. The predicted octanol–water partition coefficient (Wildman–Crippen LogP) is 2.71. The first-order chi connectivity index (χ1) is 6.06. The molecule has 4 nitrogen and oxygen atoms in total. The van der Waals surface area contributed by atoms with Crippen LogP contribution >= 0.6 is 15.9 Å². The van der Waals surface area contributed by atoms with Crippen molar-refractivity contribution < 1.29 is 4.92 Å². The zero-order valence-electron chi connectivity index (χ0n) is 7.30. The molecule has 0 fully saturated rings. The lowest BCUT2D eigenvalue weighted by Gasteiger charge is -2.05. The van der Waals surface area contributed by atoms with Crippen molar-refractivity contribution in [3.63, 3.8) is 0 Å². The van der Waals surface area contributed by atoms with Gasteiger partial charge in [0.25, 0.3) is 5.69 Å². The fraction of sp³-hybridized carbons (Fsp3) is 0.250. The Hall–Kier alpha value is -1.10. The van der Waals surface area contributed by atoms with Crippen molar-refractivity contribution in [2.75, 3.05) is 12.4 Å². The van der Waals surface area contributed by atoms with E-state index in [0.29, 0.717) is 5.69 Å². The van der Waals surface area contributed by atoms with Crippen molar-refractivity contribution in [1.29, 1.82) is 0 Å². The Bertz CT molecular complexity index is 352. The smallest absolute Gasteiger partial charge is 0.293 e. The number of hydrogen-bond acceptors (Lipinski definition) is 3. The number of nitrogens with zero attached hydrogens (tertiary/aromatic N) is 1. The van der Waals surface area contributed by atoms with E-state index < -0.39 is 4.92 Å². The van der Waals surface area contributed by atoms with Crippen LogP contribution in [0.15, 0.2) is 16.6 Å². The van der Waals surface area contributed by atoms with E-state index >= 15 is 0 Å². The van der Waals surface area contributed by atoms with Crippen LogP contribution in [0.5, 0.6) is 0 Å². The average molecular weight is 245 g/mol. The first-order valence-corrected chi connectivity index (χ1v) is 4.48. The molecule has 0 bridgehead atoms. The minimum absolute atomic E-state index is 0.0920. The molecule has 5 heteroatoms. The van der Waals surface area contributed by atoms with Gasteiger partial charge < -0.3 is 5.32 Å². The molecular weight excluding hydrogens is 236 g/mol. The molecule has 0 unspecified atom stereocenters. The van der Waals surface area contributed by atoms with Gasteiger partial charge in [-0.25, -0.2) is 0 Å². The van der Waals surface area contributed by atoms with Crippen LogP contribution in [-0.4, -0.2) is 12.0 Å². The van der Waals surface area contributed by atoms with Gasteiger partial charge in [0.15, 0.2) is 0 Å². The highest BCUT2D eigenvalue weighted by Gasteiger charge is 2.15. The highest BCUT2D eigenvalue weighted by molar-refractivity contribution is 9.10. The van der Waals surface area contributed by atoms with E-state index in [1.54, 1.807) is 7.05 Å². The fourth-order valence-electron chi connectivity index (χ4n) is 1.19. The minimum atomic E-state index is -0.399. The normalized spacial score (nSPS) is 9.77. The van der Waals surface area contributed by atoms with E-state index in [2.05, 4.69) is 21.2 Å². The van der Waals surface area contributed by atoms with E-state index in [9.17, 15) is 10.1 Å². The minimum Gasteiger partial charge on any atom is -0.382 e. The highest BCUT2D eigenvalue weighted by atomic mass is 79.9. The molecule has 0 radical (unpaired) electrons. The van der Waals surface area contributed by atoms with Gasteiger partial charge in [0.1, 0.15) is 5.69 Å². The van der Waals surface area contributed by atoms with E-state index in [4.69, 9.17) is 0 Å². The summed E-state index contributed by atoms with van der Waals surface area (Å²) >= 11 is 3.21. The van der Waals surface area contributed by atoms with Crippen LogP contribution in [0.4, 0.5) is 11.4 Å².